The quantitative estimate of drug-likeness (QED) is 0.529. The van der Waals surface area contributed by atoms with Crippen LogP contribution < -0.4 is 0 Å². The Morgan fingerprint density at radius 1 is 1.25 bits per heavy atom. The molecule has 0 heterocycles. The first-order valence-corrected chi connectivity index (χ1v) is 1.95. The van der Waals surface area contributed by atoms with Crippen LogP contribution in [-0.4, -0.2) is 6.29 Å². The van der Waals surface area contributed by atoms with Gasteiger partial charge < -0.3 is 12.2 Å². The molecule has 0 aliphatic rings. The van der Waals surface area contributed by atoms with Crippen molar-refractivity contribution in [1.82, 2.24) is 0 Å². The van der Waals surface area contributed by atoms with E-state index in [0.717, 1.165) is 0 Å². The summed E-state index contributed by atoms with van der Waals surface area (Å²) in [5, 5.41) is 0. The van der Waals surface area contributed by atoms with E-state index in [1.807, 2.05) is 27.1 Å². The molecule has 0 rings (SSSR count). The fraction of sp³-hybridized carbons (Fsp3) is 0.667. The van der Waals surface area contributed by atoms with E-state index in [4.69, 9.17) is 0 Å². The normalized spacial score (nSPS) is 8.38. The molecule has 0 spiro atoms. The zero-order valence-electron chi connectivity index (χ0n) is 5.99. The molecule has 0 atom stereocenters. The molecular weight excluding hydrogens is 177 g/mol. The van der Waals surface area contributed by atoms with Gasteiger partial charge in [-0.15, -0.1) is 5.41 Å². The van der Waals surface area contributed by atoms with Crippen LogP contribution in [0, 0.1) is 12.8 Å². The van der Waals surface area contributed by atoms with Crippen molar-refractivity contribution in [1.29, 1.82) is 0 Å². The summed E-state index contributed by atoms with van der Waals surface area (Å²) in [6.45, 7) is 5.46. The molecule has 0 aromatic carbocycles. The molecule has 0 saturated heterocycles. The Labute approximate surface area is 77.1 Å². The van der Waals surface area contributed by atoms with Gasteiger partial charge in [0, 0.05) is 32.7 Å². The van der Waals surface area contributed by atoms with Crippen molar-refractivity contribution in [2.75, 3.05) is 0 Å². The van der Waals surface area contributed by atoms with Gasteiger partial charge in [0.25, 0.3) is 0 Å². The molecule has 0 aromatic heterocycles. The average molecular weight is 189 g/mol. The second-order valence-electron chi connectivity index (χ2n) is 2.35. The maximum atomic E-state index is 9.70. The number of carbonyl (C=O) groups excluding carboxylic acids is 1. The summed E-state index contributed by atoms with van der Waals surface area (Å²) in [6.07, 6.45) is 1.85. The molecule has 0 bridgehead atoms. The van der Waals surface area contributed by atoms with Crippen LogP contribution in [0.5, 0.6) is 0 Å². The van der Waals surface area contributed by atoms with E-state index in [-0.39, 0.29) is 45.6 Å². The Hall–Kier alpha value is 0.774. The first-order chi connectivity index (χ1) is 2.56. The van der Waals surface area contributed by atoms with Crippen LogP contribution in [-0.2, 0) is 37.5 Å². The third kappa shape index (κ3) is 15.9. The third-order valence-corrected chi connectivity index (χ3v) is 0.306. The second-order valence-corrected chi connectivity index (χ2v) is 2.35. The molecule has 1 radical (unpaired) electrons. The van der Waals surface area contributed by atoms with Crippen LogP contribution in [0.15, 0.2) is 0 Å². The standard InChI is InChI=1S/C5H9O.CH3.Y/c1-5(2,3)4-6;;/h1-3H3;1H3;/q2*-1;. The smallest absolute Gasteiger partial charge is 0 e. The van der Waals surface area contributed by atoms with Crippen LogP contribution >= 0.6 is 0 Å². The number of rotatable bonds is 0. The molecular formula is C6H12OY-2. The maximum Gasteiger partial charge on any atom is 0 e. The van der Waals surface area contributed by atoms with E-state index in [2.05, 4.69) is 0 Å². The minimum absolute atomic E-state index is 0. The summed E-state index contributed by atoms with van der Waals surface area (Å²) < 4.78 is 0. The molecule has 0 fully saturated rings. The summed E-state index contributed by atoms with van der Waals surface area (Å²) in [7, 11) is 0. The zero-order valence-corrected chi connectivity index (χ0v) is 8.82. The molecule has 2 heteroatoms. The topological polar surface area (TPSA) is 17.1 Å². The summed E-state index contributed by atoms with van der Waals surface area (Å²) in [5.74, 6) is 0. The van der Waals surface area contributed by atoms with Gasteiger partial charge in [0.15, 0.2) is 0 Å². The minimum Gasteiger partial charge on any atom is -0.541 e. The Morgan fingerprint density at radius 2 is 1.38 bits per heavy atom. The predicted molar refractivity (Wildman–Crippen MR) is 31.6 cm³/mol. The Morgan fingerprint density at radius 3 is 1.38 bits per heavy atom. The first kappa shape index (κ1) is 15.9. The predicted octanol–water partition coefficient (Wildman–Crippen LogP) is 1.59. The van der Waals surface area contributed by atoms with Gasteiger partial charge in [0.1, 0.15) is 0 Å². The van der Waals surface area contributed by atoms with Crippen molar-refractivity contribution in [3.05, 3.63) is 7.43 Å². The van der Waals surface area contributed by atoms with E-state index in [1.54, 1.807) is 0 Å². The van der Waals surface area contributed by atoms with Crippen molar-refractivity contribution in [2.24, 2.45) is 5.41 Å². The van der Waals surface area contributed by atoms with E-state index >= 15 is 0 Å². The van der Waals surface area contributed by atoms with Gasteiger partial charge in [-0.05, 0) is 0 Å². The van der Waals surface area contributed by atoms with Gasteiger partial charge in [0.05, 0.1) is 0 Å². The number of hydrogen-bond acceptors (Lipinski definition) is 1. The molecule has 1 nitrogen and oxygen atoms in total. The molecule has 0 unspecified atom stereocenters. The summed E-state index contributed by atoms with van der Waals surface area (Å²) in [5.41, 5.74) is -0.264. The summed E-state index contributed by atoms with van der Waals surface area (Å²) in [4.78, 5) is 9.70. The van der Waals surface area contributed by atoms with Crippen molar-refractivity contribution in [3.63, 3.8) is 0 Å². The van der Waals surface area contributed by atoms with E-state index in [1.165, 1.54) is 0 Å². The van der Waals surface area contributed by atoms with Crippen molar-refractivity contribution < 1.29 is 37.5 Å². The second kappa shape index (κ2) is 5.90. The maximum absolute atomic E-state index is 9.70. The van der Waals surface area contributed by atoms with Crippen LogP contribution in [0.2, 0.25) is 0 Å². The molecule has 0 aliphatic heterocycles. The monoisotopic (exact) mass is 189 g/mol. The fourth-order valence-corrected chi connectivity index (χ4v) is 0. The third-order valence-electron chi connectivity index (χ3n) is 0.306. The van der Waals surface area contributed by atoms with Crippen LogP contribution in [0.4, 0.5) is 0 Å². The van der Waals surface area contributed by atoms with Gasteiger partial charge in [-0.2, -0.15) is 0 Å². The Bertz CT molecular complexity index is 54.0. The average Bonchev–Trinajstić information content (AvgIpc) is 1.35. The molecule has 0 amide bonds. The Kier molecular flexibility index (Phi) is 11.7. The largest absolute Gasteiger partial charge is 0.541 e. The fourth-order valence-electron chi connectivity index (χ4n) is 0. The molecule has 0 saturated carbocycles. The summed E-state index contributed by atoms with van der Waals surface area (Å²) >= 11 is 0. The minimum atomic E-state index is -0.264. The van der Waals surface area contributed by atoms with E-state index in [9.17, 15) is 4.79 Å². The molecule has 0 aromatic rings. The molecule has 0 N–H and O–H groups in total. The first-order valence-electron chi connectivity index (χ1n) is 1.95. The van der Waals surface area contributed by atoms with Gasteiger partial charge >= 0.3 is 0 Å². The van der Waals surface area contributed by atoms with Crippen LogP contribution in [0.25, 0.3) is 0 Å². The van der Waals surface area contributed by atoms with Gasteiger partial charge in [0.2, 0.25) is 0 Å². The molecule has 0 aliphatic carbocycles. The summed E-state index contributed by atoms with van der Waals surface area (Å²) in [6, 6.07) is 0. The molecule has 8 heavy (non-hydrogen) atoms. The van der Waals surface area contributed by atoms with Crippen LogP contribution in [0.1, 0.15) is 20.8 Å². The van der Waals surface area contributed by atoms with Gasteiger partial charge in [-0.25, -0.2) is 0 Å². The SMILES string of the molecule is CC(C)(C)[C-]=O.[CH3-].[Y]. The van der Waals surface area contributed by atoms with Crippen molar-refractivity contribution in [3.8, 4) is 0 Å². The van der Waals surface area contributed by atoms with Gasteiger partial charge in [-0.1, -0.05) is 20.8 Å². The van der Waals surface area contributed by atoms with Crippen LogP contribution in [0.3, 0.4) is 0 Å². The zero-order chi connectivity index (χ0) is 5.21. The molecule has 47 valence electrons. The number of hydrogen-bond donors (Lipinski definition) is 0. The Balaban J connectivity index is -0.000000125. The van der Waals surface area contributed by atoms with E-state index in [0.29, 0.717) is 0 Å². The van der Waals surface area contributed by atoms with E-state index < -0.39 is 0 Å². The van der Waals surface area contributed by atoms with Crippen molar-refractivity contribution >= 4 is 6.29 Å². The van der Waals surface area contributed by atoms with Crippen molar-refractivity contribution in [2.45, 2.75) is 20.8 Å². The van der Waals surface area contributed by atoms with Gasteiger partial charge in [-0.3, -0.25) is 6.29 Å².